The maximum absolute atomic E-state index is 14.3. The number of halogens is 3. The van der Waals surface area contributed by atoms with Crippen molar-refractivity contribution in [2.45, 2.75) is 31.1 Å². The van der Waals surface area contributed by atoms with Crippen molar-refractivity contribution in [2.24, 2.45) is 5.92 Å². The zero-order valence-corrected chi connectivity index (χ0v) is 16.1. The van der Waals surface area contributed by atoms with E-state index in [1.54, 1.807) is 6.07 Å². The molecule has 0 aromatic heterocycles. The van der Waals surface area contributed by atoms with Crippen molar-refractivity contribution in [3.8, 4) is 0 Å². The molecule has 0 N–H and O–H groups in total. The van der Waals surface area contributed by atoms with Gasteiger partial charge < -0.3 is 9.80 Å². The molecule has 29 heavy (non-hydrogen) atoms. The van der Waals surface area contributed by atoms with Crippen LogP contribution < -0.4 is 4.90 Å². The first-order valence-corrected chi connectivity index (χ1v) is 10.3. The maximum atomic E-state index is 14.3. The summed E-state index contributed by atoms with van der Waals surface area (Å²) >= 11 is 0. The number of anilines is 1. The van der Waals surface area contributed by atoms with Crippen LogP contribution in [0.4, 0.5) is 18.9 Å². The van der Waals surface area contributed by atoms with Gasteiger partial charge in [0.15, 0.2) is 11.6 Å². The monoisotopic (exact) mass is 400 g/mol. The van der Waals surface area contributed by atoms with Crippen molar-refractivity contribution in [2.75, 3.05) is 31.1 Å². The number of rotatable bonds is 3. The molecule has 6 heteroatoms. The molecule has 3 nitrogen and oxygen atoms in total. The predicted molar refractivity (Wildman–Crippen MR) is 105 cm³/mol. The summed E-state index contributed by atoms with van der Waals surface area (Å²) < 4.78 is 42.0. The van der Waals surface area contributed by atoms with Crippen LogP contribution in [0.25, 0.3) is 0 Å². The molecule has 5 rings (SSSR count). The van der Waals surface area contributed by atoms with Gasteiger partial charge >= 0.3 is 0 Å². The molecule has 2 fully saturated rings. The molecule has 2 heterocycles. The third kappa shape index (κ3) is 3.23. The molecule has 2 aromatic rings. The Balaban J connectivity index is 1.46. The van der Waals surface area contributed by atoms with Crippen LogP contribution in [0.15, 0.2) is 36.4 Å². The molecule has 3 aliphatic rings. The summed E-state index contributed by atoms with van der Waals surface area (Å²) in [5.41, 5.74) is 0.796. The largest absolute Gasteiger partial charge is 0.307 e. The molecular weight excluding hydrogens is 377 g/mol. The third-order valence-corrected chi connectivity index (χ3v) is 6.74. The molecule has 1 saturated carbocycles. The first kappa shape index (κ1) is 18.7. The molecule has 0 radical (unpaired) electrons. The zero-order chi connectivity index (χ0) is 20.2. The number of likely N-dealkylation sites (tertiary alicyclic amines) is 1. The van der Waals surface area contributed by atoms with Crippen molar-refractivity contribution in [3.05, 3.63) is 65.0 Å². The highest BCUT2D eigenvalue weighted by molar-refractivity contribution is 6.08. The van der Waals surface area contributed by atoms with Gasteiger partial charge in [-0.25, -0.2) is 13.2 Å². The molecule has 2 aliphatic heterocycles. The van der Waals surface area contributed by atoms with Crippen molar-refractivity contribution >= 4 is 11.6 Å². The standard InChI is InChI=1S/C23H23F3N2O/c24-16-6-7-20-18(12-16)23(8-10-27(11-9-23)13-15-4-5-15)14-28(20)22(29)17-2-1-3-19(25)21(17)26/h1-3,6-7,12,15H,4-5,8-11,13-14H2. The predicted octanol–water partition coefficient (Wildman–Crippen LogP) is 4.51. The number of amides is 1. The highest BCUT2D eigenvalue weighted by Crippen LogP contribution is 2.48. The fourth-order valence-electron chi connectivity index (χ4n) is 4.89. The van der Waals surface area contributed by atoms with Gasteiger partial charge in [-0.05, 0) is 80.6 Å². The number of benzene rings is 2. The number of carbonyl (C=O) groups excluding carboxylic acids is 1. The molecule has 1 amide bonds. The van der Waals surface area contributed by atoms with Crippen LogP contribution in [-0.4, -0.2) is 37.0 Å². The molecule has 2 aromatic carbocycles. The number of piperidine rings is 1. The van der Waals surface area contributed by atoms with Crippen LogP contribution in [0.5, 0.6) is 0 Å². The minimum absolute atomic E-state index is 0.288. The van der Waals surface area contributed by atoms with E-state index < -0.39 is 17.5 Å². The lowest BCUT2D eigenvalue weighted by molar-refractivity contribution is 0.0971. The summed E-state index contributed by atoms with van der Waals surface area (Å²) in [6.07, 6.45) is 4.26. The van der Waals surface area contributed by atoms with E-state index in [9.17, 15) is 18.0 Å². The highest BCUT2D eigenvalue weighted by atomic mass is 19.2. The maximum Gasteiger partial charge on any atom is 0.261 e. The van der Waals surface area contributed by atoms with Crippen molar-refractivity contribution in [1.82, 2.24) is 4.90 Å². The Hall–Kier alpha value is -2.34. The van der Waals surface area contributed by atoms with E-state index in [1.807, 2.05) is 0 Å². The number of carbonyl (C=O) groups is 1. The molecular formula is C23H23F3N2O. The number of hydrogen-bond acceptors (Lipinski definition) is 2. The van der Waals surface area contributed by atoms with Crippen molar-refractivity contribution in [3.63, 3.8) is 0 Å². The molecule has 0 bridgehead atoms. The van der Waals surface area contributed by atoms with E-state index >= 15 is 0 Å². The molecule has 1 aliphatic carbocycles. The highest BCUT2D eigenvalue weighted by Gasteiger charge is 2.47. The van der Waals surface area contributed by atoms with Crippen molar-refractivity contribution < 1.29 is 18.0 Å². The van der Waals surface area contributed by atoms with Gasteiger partial charge in [0.25, 0.3) is 5.91 Å². The Labute approximate surface area is 168 Å². The Morgan fingerprint density at radius 3 is 2.55 bits per heavy atom. The second kappa shape index (κ2) is 6.87. The first-order valence-electron chi connectivity index (χ1n) is 10.3. The fraction of sp³-hybridized carbons (Fsp3) is 0.435. The van der Waals surface area contributed by atoms with E-state index in [1.165, 1.54) is 42.0 Å². The van der Waals surface area contributed by atoms with Crippen LogP contribution in [0.1, 0.15) is 41.6 Å². The Bertz CT molecular complexity index is 965. The van der Waals surface area contributed by atoms with E-state index in [-0.39, 0.29) is 16.8 Å². The van der Waals surface area contributed by atoms with Gasteiger partial charge in [0.2, 0.25) is 0 Å². The van der Waals surface area contributed by atoms with Gasteiger partial charge in [-0.3, -0.25) is 4.79 Å². The average molecular weight is 400 g/mol. The lowest BCUT2D eigenvalue weighted by Crippen LogP contribution is -2.46. The molecule has 1 saturated heterocycles. The van der Waals surface area contributed by atoms with Gasteiger partial charge in [-0.2, -0.15) is 0 Å². The van der Waals surface area contributed by atoms with Gasteiger partial charge in [0.05, 0.1) is 5.56 Å². The van der Waals surface area contributed by atoms with Gasteiger partial charge in [-0.15, -0.1) is 0 Å². The summed E-state index contributed by atoms with van der Waals surface area (Å²) in [6, 6.07) is 8.05. The lowest BCUT2D eigenvalue weighted by Gasteiger charge is -2.40. The van der Waals surface area contributed by atoms with E-state index in [0.29, 0.717) is 12.2 Å². The lowest BCUT2D eigenvalue weighted by atomic mass is 9.74. The summed E-state index contributed by atoms with van der Waals surface area (Å²) in [4.78, 5) is 17.1. The van der Waals surface area contributed by atoms with Gasteiger partial charge in [0, 0.05) is 24.2 Å². The number of hydrogen-bond donors (Lipinski definition) is 0. The van der Waals surface area contributed by atoms with Crippen LogP contribution in [-0.2, 0) is 5.41 Å². The second-order valence-electron chi connectivity index (χ2n) is 8.68. The van der Waals surface area contributed by atoms with Crippen LogP contribution in [0.2, 0.25) is 0 Å². The second-order valence-corrected chi connectivity index (χ2v) is 8.68. The molecule has 1 spiro atoms. The third-order valence-electron chi connectivity index (χ3n) is 6.74. The minimum atomic E-state index is -1.14. The van der Waals surface area contributed by atoms with Gasteiger partial charge in [-0.1, -0.05) is 6.07 Å². The van der Waals surface area contributed by atoms with Crippen molar-refractivity contribution in [1.29, 1.82) is 0 Å². The summed E-state index contributed by atoms with van der Waals surface area (Å²) in [5.74, 6) is -2.29. The Kier molecular flexibility index (Phi) is 4.42. The SMILES string of the molecule is O=C(c1cccc(F)c1F)N1CC2(CCN(CC3CC3)CC2)c2cc(F)ccc21. The summed E-state index contributed by atoms with van der Waals surface area (Å²) in [7, 11) is 0. The topological polar surface area (TPSA) is 23.6 Å². The van der Waals surface area contributed by atoms with E-state index in [2.05, 4.69) is 4.90 Å². The smallest absolute Gasteiger partial charge is 0.261 e. The fourth-order valence-corrected chi connectivity index (χ4v) is 4.89. The minimum Gasteiger partial charge on any atom is -0.307 e. The summed E-state index contributed by atoms with van der Waals surface area (Å²) in [6.45, 7) is 3.30. The molecule has 152 valence electrons. The number of fused-ring (bicyclic) bond motifs is 2. The zero-order valence-electron chi connectivity index (χ0n) is 16.1. The van der Waals surface area contributed by atoms with Crippen LogP contribution in [0, 0.1) is 23.4 Å². The van der Waals surface area contributed by atoms with Crippen LogP contribution >= 0.6 is 0 Å². The van der Waals surface area contributed by atoms with Crippen LogP contribution in [0.3, 0.4) is 0 Å². The Morgan fingerprint density at radius 1 is 1.07 bits per heavy atom. The van der Waals surface area contributed by atoms with E-state index in [0.717, 1.165) is 50.0 Å². The Morgan fingerprint density at radius 2 is 1.83 bits per heavy atom. The van der Waals surface area contributed by atoms with E-state index in [4.69, 9.17) is 0 Å². The quantitative estimate of drug-likeness (QED) is 0.757. The molecule has 0 unspecified atom stereocenters. The van der Waals surface area contributed by atoms with Gasteiger partial charge in [0.1, 0.15) is 5.82 Å². The normalized spacial score (nSPS) is 20.9. The average Bonchev–Trinajstić information content (AvgIpc) is 3.48. The first-order chi connectivity index (χ1) is 14.0. The molecule has 0 atom stereocenters. The summed E-state index contributed by atoms with van der Waals surface area (Å²) in [5, 5.41) is 0. The number of nitrogens with zero attached hydrogens (tertiary/aromatic N) is 2.